The number of aromatic carboxylic acids is 1. The monoisotopic (exact) mass is 261 g/mol. The van der Waals surface area contributed by atoms with Crippen LogP contribution >= 0.6 is 0 Å². The number of carbonyl (C=O) groups excluding carboxylic acids is 1. The van der Waals surface area contributed by atoms with E-state index in [4.69, 9.17) is 9.63 Å². The van der Waals surface area contributed by atoms with Crippen molar-refractivity contribution in [3.8, 4) is 0 Å². The summed E-state index contributed by atoms with van der Waals surface area (Å²) in [5.41, 5.74) is 1.27. The van der Waals surface area contributed by atoms with Crippen molar-refractivity contribution in [3.05, 3.63) is 47.1 Å². The molecule has 0 bridgehead atoms. The summed E-state index contributed by atoms with van der Waals surface area (Å²) in [4.78, 5) is 26.0. The second-order valence-electron chi connectivity index (χ2n) is 3.87. The fourth-order valence-electron chi connectivity index (χ4n) is 1.40. The first-order valence-electron chi connectivity index (χ1n) is 5.46. The maximum atomic E-state index is 11.6. The van der Waals surface area contributed by atoms with Crippen molar-refractivity contribution >= 4 is 11.9 Å². The van der Waals surface area contributed by atoms with Crippen molar-refractivity contribution in [1.29, 1.82) is 0 Å². The summed E-state index contributed by atoms with van der Waals surface area (Å²) in [5, 5.41) is 14.9. The molecule has 0 radical (unpaired) electrons. The maximum absolute atomic E-state index is 11.6. The van der Waals surface area contributed by atoms with Gasteiger partial charge in [-0.2, -0.15) is 0 Å². The van der Waals surface area contributed by atoms with Crippen molar-refractivity contribution in [2.24, 2.45) is 0 Å². The minimum atomic E-state index is -1.09. The Morgan fingerprint density at radius 1 is 1.42 bits per heavy atom. The van der Waals surface area contributed by atoms with Gasteiger partial charge in [-0.15, -0.1) is 0 Å². The van der Waals surface area contributed by atoms with Gasteiger partial charge >= 0.3 is 5.97 Å². The van der Waals surface area contributed by atoms with Gasteiger partial charge in [-0.1, -0.05) is 11.2 Å². The van der Waals surface area contributed by atoms with Crippen LogP contribution in [0.3, 0.4) is 0 Å². The second kappa shape index (κ2) is 5.30. The van der Waals surface area contributed by atoms with E-state index in [0.29, 0.717) is 11.3 Å². The molecule has 2 aromatic heterocycles. The molecule has 2 aromatic rings. The van der Waals surface area contributed by atoms with Crippen LogP contribution in [0.15, 0.2) is 28.9 Å². The molecule has 0 aliphatic rings. The predicted molar refractivity (Wildman–Crippen MR) is 63.6 cm³/mol. The van der Waals surface area contributed by atoms with E-state index < -0.39 is 5.97 Å². The zero-order valence-electron chi connectivity index (χ0n) is 10.1. The lowest BCUT2D eigenvalue weighted by molar-refractivity contribution is 0.0690. The molecule has 2 rings (SSSR count). The van der Waals surface area contributed by atoms with Crippen molar-refractivity contribution in [2.75, 3.05) is 0 Å². The zero-order valence-corrected chi connectivity index (χ0v) is 10.1. The van der Waals surface area contributed by atoms with E-state index in [1.54, 1.807) is 13.0 Å². The topological polar surface area (TPSA) is 105 Å². The average Bonchev–Trinajstić information content (AvgIpc) is 2.83. The van der Waals surface area contributed by atoms with Crippen LogP contribution in [0.5, 0.6) is 0 Å². The van der Waals surface area contributed by atoms with Gasteiger partial charge in [0, 0.05) is 18.8 Å². The van der Waals surface area contributed by atoms with Crippen LogP contribution in [0.1, 0.15) is 32.3 Å². The Morgan fingerprint density at radius 3 is 2.74 bits per heavy atom. The minimum absolute atomic E-state index is 0.0408. The molecule has 0 fully saturated rings. The summed E-state index contributed by atoms with van der Waals surface area (Å²) < 4.78 is 4.81. The number of hydrogen-bond donors (Lipinski definition) is 2. The highest BCUT2D eigenvalue weighted by Gasteiger charge is 2.11. The van der Waals surface area contributed by atoms with Gasteiger partial charge in [-0.3, -0.25) is 4.79 Å². The van der Waals surface area contributed by atoms with Crippen molar-refractivity contribution in [1.82, 2.24) is 15.5 Å². The first kappa shape index (κ1) is 12.7. The number of hydrogen-bond acceptors (Lipinski definition) is 5. The Bertz CT molecular complexity index is 604. The van der Waals surface area contributed by atoms with Gasteiger partial charge in [0.1, 0.15) is 5.69 Å². The Labute approximate surface area is 108 Å². The normalized spacial score (nSPS) is 10.2. The van der Waals surface area contributed by atoms with Crippen molar-refractivity contribution < 1.29 is 19.2 Å². The number of nitrogens with zero attached hydrogens (tertiary/aromatic N) is 2. The highest BCUT2D eigenvalue weighted by atomic mass is 16.5. The van der Waals surface area contributed by atoms with Gasteiger partial charge in [0.15, 0.2) is 0 Å². The van der Waals surface area contributed by atoms with Crippen molar-refractivity contribution in [2.45, 2.75) is 13.5 Å². The van der Waals surface area contributed by atoms with E-state index in [9.17, 15) is 9.59 Å². The lowest BCUT2D eigenvalue weighted by atomic mass is 10.2. The molecule has 2 N–H and O–H groups in total. The second-order valence-corrected chi connectivity index (χ2v) is 3.87. The number of carboxylic acids is 1. The number of rotatable bonds is 4. The third-order valence-corrected chi connectivity index (χ3v) is 2.35. The molecular formula is C12H11N3O4. The predicted octanol–water partition coefficient (Wildman–Crippen LogP) is 1.01. The van der Waals surface area contributed by atoms with E-state index in [2.05, 4.69) is 15.5 Å². The number of pyridine rings is 1. The van der Waals surface area contributed by atoms with Gasteiger partial charge in [0.05, 0.1) is 5.69 Å². The van der Waals surface area contributed by atoms with Crippen LogP contribution in [0, 0.1) is 6.92 Å². The Hall–Kier alpha value is -2.70. The highest BCUT2D eigenvalue weighted by Crippen LogP contribution is 2.04. The van der Waals surface area contributed by atoms with E-state index in [1.807, 2.05) is 0 Å². The Balaban J connectivity index is 1.95. The number of carbonyl (C=O) groups is 2. The molecule has 98 valence electrons. The molecule has 0 saturated heterocycles. The van der Waals surface area contributed by atoms with Crippen LogP contribution in [0.4, 0.5) is 0 Å². The summed E-state index contributed by atoms with van der Waals surface area (Å²) in [6, 6.07) is 4.49. The summed E-state index contributed by atoms with van der Waals surface area (Å²) >= 11 is 0. The SMILES string of the molecule is Cc1cc(C(=O)NCc2ccc(C(=O)O)nc2)on1. The average molecular weight is 261 g/mol. The Morgan fingerprint density at radius 2 is 2.21 bits per heavy atom. The molecule has 19 heavy (non-hydrogen) atoms. The van der Waals surface area contributed by atoms with Gasteiger partial charge in [0.2, 0.25) is 5.76 Å². The molecule has 0 aliphatic carbocycles. The molecule has 7 heteroatoms. The quantitative estimate of drug-likeness (QED) is 0.850. The van der Waals surface area contributed by atoms with Gasteiger partial charge in [0.25, 0.3) is 5.91 Å². The Kier molecular flexibility index (Phi) is 3.56. The fraction of sp³-hybridized carbons (Fsp3) is 0.167. The number of carboxylic acid groups (broad SMARTS) is 1. The van der Waals surface area contributed by atoms with E-state index in [-0.39, 0.29) is 23.9 Å². The molecule has 0 aromatic carbocycles. The van der Waals surface area contributed by atoms with Crippen LogP contribution in [-0.2, 0) is 6.54 Å². The molecular weight excluding hydrogens is 250 g/mol. The van der Waals surface area contributed by atoms with E-state index in [0.717, 1.165) is 0 Å². The lowest BCUT2D eigenvalue weighted by Crippen LogP contribution is -2.22. The summed E-state index contributed by atoms with van der Waals surface area (Å²) in [6.45, 7) is 1.94. The first-order chi connectivity index (χ1) is 9.06. The molecule has 0 unspecified atom stereocenters. The number of nitrogens with one attached hydrogen (secondary N) is 1. The van der Waals surface area contributed by atoms with Crippen LogP contribution in [0.25, 0.3) is 0 Å². The lowest BCUT2D eigenvalue weighted by Gasteiger charge is -2.02. The maximum Gasteiger partial charge on any atom is 0.354 e. The molecule has 0 saturated carbocycles. The van der Waals surface area contributed by atoms with Crippen LogP contribution in [0.2, 0.25) is 0 Å². The minimum Gasteiger partial charge on any atom is -0.477 e. The van der Waals surface area contributed by atoms with E-state index >= 15 is 0 Å². The van der Waals surface area contributed by atoms with Gasteiger partial charge < -0.3 is 14.9 Å². The molecule has 0 spiro atoms. The number of amides is 1. The van der Waals surface area contributed by atoms with E-state index in [1.165, 1.54) is 18.3 Å². The summed E-state index contributed by atoms with van der Waals surface area (Å²) in [6.07, 6.45) is 1.40. The van der Waals surface area contributed by atoms with Crippen LogP contribution < -0.4 is 5.32 Å². The summed E-state index contributed by atoms with van der Waals surface area (Å²) in [7, 11) is 0. The fourth-order valence-corrected chi connectivity index (χ4v) is 1.40. The first-order valence-corrected chi connectivity index (χ1v) is 5.46. The molecule has 7 nitrogen and oxygen atoms in total. The third-order valence-electron chi connectivity index (χ3n) is 2.35. The molecule has 2 heterocycles. The molecule has 1 amide bonds. The third kappa shape index (κ3) is 3.15. The molecule has 0 aliphatic heterocycles. The number of aromatic nitrogens is 2. The molecule has 0 atom stereocenters. The van der Waals surface area contributed by atoms with Gasteiger partial charge in [-0.25, -0.2) is 9.78 Å². The van der Waals surface area contributed by atoms with Crippen molar-refractivity contribution in [3.63, 3.8) is 0 Å². The largest absolute Gasteiger partial charge is 0.477 e. The standard InChI is InChI=1S/C12H11N3O4/c1-7-4-10(19-15-7)11(16)14-6-8-2-3-9(12(17)18)13-5-8/h2-5H,6H2,1H3,(H,14,16)(H,17,18). The smallest absolute Gasteiger partial charge is 0.354 e. The zero-order chi connectivity index (χ0) is 13.8. The van der Waals surface area contributed by atoms with Crippen LogP contribution in [-0.4, -0.2) is 27.1 Å². The van der Waals surface area contributed by atoms with Gasteiger partial charge in [-0.05, 0) is 18.6 Å². The summed E-state index contributed by atoms with van der Waals surface area (Å²) in [5.74, 6) is -1.34. The highest BCUT2D eigenvalue weighted by molar-refractivity contribution is 5.91. The number of aryl methyl sites for hydroxylation is 1.